The van der Waals surface area contributed by atoms with Crippen molar-refractivity contribution < 1.29 is 4.74 Å². The largest absolute Gasteiger partial charge is 0.494 e. The van der Waals surface area contributed by atoms with Gasteiger partial charge in [-0.15, -0.1) is 0 Å². The minimum atomic E-state index is 0.622. The van der Waals surface area contributed by atoms with Crippen LogP contribution in [0.1, 0.15) is 12.5 Å². The van der Waals surface area contributed by atoms with Gasteiger partial charge in [-0.1, -0.05) is 43.0 Å². The van der Waals surface area contributed by atoms with Crippen LogP contribution in [0.4, 0.5) is 0 Å². The number of ether oxygens (including phenoxy) is 1. The molecule has 68 valence electrons. The Kier molecular flexibility index (Phi) is 3.83. The Balaban J connectivity index is 2.44. The number of rotatable bonds is 4. The van der Waals surface area contributed by atoms with Gasteiger partial charge in [-0.25, -0.2) is 0 Å². The van der Waals surface area contributed by atoms with Crippen LogP contribution in [-0.4, -0.2) is 0 Å². The van der Waals surface area contributed by atoms with Crippen LogP contribution < -0.4 is 0 Å². The first-order valence-electron chi connectivity index (χ1n) is 4.29. The molecular formula is C12H14O. The molecule has 0 unspecified atom stereocenters. The van der Waals surface area contributed by atoms with Gasteiger partial charge in [0.2, 0.25) is 0 Å². The monoisotopic (exact) mass is 174 g/mol. The molecule has 0 aliphatic carbocycles. The van der Waals surface area contributed by atoms with Gasteiger partial charge in [0, 0.05) is 0 Å². The summed E-state index contributed by atoms with van der Waals surface area (Å²) in [5, 5.41) is 0. The van der Waals surface area contributed by atoms with Crippen molar-refractivity contribution in [1.29, 1.82) is 0 Å². The number of hydrogen-bond acceptors (Lipinski definition) is 1. The van der Waals surface area contributed by atoms with Crippen molar-refractivity contribution in [2.45, 2.75) is 13.5 Å². The van der Waals surface area contributed by atoms with E-state index in [2.05, 4.69) is 6.58 Å². The molecular weight excluding hydrogens is 160 g/mol. The zero-order chi connectivity index (χ0) is 9.52. The quantitative estimate of drug-likeness (QED) is 0.502. The molecule has 0 amide bonds. The second kappa shape index (κ2) is 5.20. The van der Waals surface area contributed by atoms with E-state index in [4.69, 9.17) is 4.74 Å². The molecule has 1 rings (SSSR count). The van der Waals surface area contributed by atoms with Gasteiger partial charge in [0.1, 0.15) is 6.61 Å². The Bertz CT molecular complexity index is 285. The van der Waals surface area contributed by atoms with Gasteiger partial charge in [0.05, 0.1) is 5.76 Å². The summed E-state index contributed by atoms with van der Waals surface area (Å²) in [5.41, 5.74) is 1.18. The zero-order valence-electron chi connectivity index (χ0n) is 7.86. The smallest absolute Gasteiger partial charge is 0.113 e. The molecule has 0 aliphatic rings. The molecule has 13 heavy (non-hydrogen) atoms. The molecule has 0 N–H and O–H groups in total. The van der Waals surface area contributed by atoms with Gasteiger partial charge in [-0.2, -0.15) is 0 Å². The van der Waals surface area contributed by atoms with E-state index < -0.39 is 0 Å². The Morgan fingerprint density at radius 2 is 2.08 bits per heavy atom. The lowest BCUT2D eigenvalue weighted by Gasteiger charge is -2.04. The fraction of sp³-hybridized carbons (Fsp3) is 0.167. The van der Waals surface area contributed by atoms with E-state index >= 15 is 0 Å². The highest BCUT2D eigenvalue weighted by Crippen LogP contribution is 2.04. The van der Waals surface area contributed by atoms with Crippen molar-refractivity contribution in [2.24, 2.45) is 0 Å². The summed E-state index contributed by atoms with van der Waals surface area (Å²) in [6.45, 7) is 6.14. The Morgan fingerprint density at radius 1 is 1.38 bits per heavy atom. The summed E-state index contributed by atoms with van der Waals surface area (Å²) >= 11 is 0. The van der Waals surface area contributed by atoms with Gasteiger partial charge in [-0.3, -0.25) is 0 Å². The molecule has 1 aromatic carbocycles. The molecule has 1 heteroatoms. The molecule has 0 saturated carbocycles. The minimum absolute atomic E-state index is 0.622. The molecule has 1 nitrogen and oxygen atoms in total. The van der Waals surface area contributed by atoms with E-state index in [0.29, 0.717) is 6.61 Å². The van der Waals surface area contributed by atoms with Gasteiger partial charge in [-0.05, 0) is 18.6 Å². The highest BCUT2D eigenvalue weighted by Gasteiger charge is 1.91. The van der Waals surface area contributed by atoms with Crippen molar-refractivity contribution >= 4 is 0 Å². The van der Waals surface area contributed by atoms with Crippen LogP contribution in [0.5, 0.6) is 0 Å². The van der Waals surface area contributed by atoms with Crippen LogP contribution in [0.2, 0.25) is 0 Å². The minimum Gasteiger partial charge on any atom is -0.494 e. The molecule has 0 spiro atoms. The highest BCUT2D eigenvalue weighted by molar-refractivity contribution is 5.14. The summed E-state index contributed by atoms with van der Waals surface area (Å²) in [6.07, 6.45) is 3.57. The summed E-state index contributed by atoms with van der Waals surface area (Å²) in [7, 11) is 0. The molecule has 0 fully saturated rings. The van der Waals surface area contributed by atoms with Crippen molar-refractivity contribution in [1.82, 2.24) is 0 Å². The molecule has 0 saturated heterocycles. The second-order valence-electron chi connectivity index (χ2n) is 2.79. The summed E-state index contributed by atoms with van der Waals surface area (Å²) in [4.78, 5) is 0. The maximum absolute atomic E-state index is 5.46. The zero-order valence-corrected chi connectivity index (χ0v) is 7.86. The van der Waals surface area contributed by atoms with Gasteiger partial charge in [0.25, 0.3) is 0 Å². The summed E-state index contributed by atoms with van der Waals surface area (Å²) < 4.78 is 5.46. The lowest BCUT2D eigenvalue weighted by molar-refractivity contribution is 0.201. The van der Waals surface area contributed by atoms with E-state index in [0.717, 1.165) is 5.76 Å². The van der Waals surface area contributed by atoms with E-state index in [1.165, 1.54) is 5.56 Å². The van der Waals surface area contributed by atoms with Crippen molar-refractivity contribution in [3.8, 4) is 0 Å². The first-order valence-corrected chi connectivity index (χ1v) is 4.29. The van der Waals surface area contributed by atoms with Crippen molar-refractivity contribution in [3.05, 3.63) is 60.4 Å². The van der Waals surface area contributed by atoms with Gasteiger partial charge in [0.15, 0.2) is 0 Å². The van der Waals surface area contributed by atoms with E-state index in [-0.39, 0.29) is 0 Å². The van der Waals surface area contributed by atoms with Gasteiger partial charge < -0.3 is 4.74 Å². The van der Waals surface area contributed by atoms with Crippen LogP contribution in [-0.2, 0) is 11.3 Å². The van der Waals surface area contributed by atoms with Gasteiger partial charge >= 0.3 is 0 Å². The number of benzene rings is 1. The fourth-order valence-corrected chi connectivity index (χ4v) is 0.985. The first kappa shape index (κ1) is 9.59. The standard InChI is InChI=1S/C12H14O/c1-3-7-11(2)13-10-12-8-5-4-6-9-12/h3-9H,1,10H2,2H3/b11-7+. The third-order valence-corrected chi connectivity index (χ3v) is 1.66. The molecule has 0 aliphatic heterocycles. The number of allylic oxidation sites excluding steroid dienone is 3. The highest BCUT2D eigenvalue weighted by atomic mass is 16.5. The Labute approximate surface area is 79.4 Å². The second-order valence-corrected chi connectivity index (χ2v) is 2.79. The Morgan fingerprint density at radius 3 is 2.69 bits per heavy atom. The number of hydrogen-bond donors (Lipinski definition) is 0. The summed E-state index contributed by atoms with van der Waals surface area (Å²) in [6, 6.07) is 10.1. The Hall–Kier alpha value is -1.50. The normalized spacial score (nSPS) is 11.0. The van der Waals surface area contributed by atoms with E-state index in [9.17, 15) is 0 Å². The van der Waals surface area contributed by atoms with Crippen LogP contribution in [0.15, 0.2) is 54.8 Å². The van der Waals surface area contributed by atoms with E-state index in [1.54, 1.807) is 6.08 Å². The van der Waals surface area contributed by atoms with Crippen LogP contribution in [0.25, 0.3) is 0 Å². The fourth-order valence-electron chi connectivity index (χ4n) is 0.985. The van der Waals surface area contributed by atoms with Crippen LogP contribution in [0, 0.1) is 0 Å². The molecule has 0 radical (unpaired) electrons. The van der Waals surface area contributed by atoms with Crippen LogP contribution >= 0.6 is 0 Å². The third-order valence-electron chi connectivity index (χ3n) is 1.66. The van der Waals surface area contributed by atoms with E-state index in [1.807, 2.05) is 43.3 Å². The molecule has 0 heterocycles. The average molecular weight is 174 g/mol. The molecule has 0 bridgehead atoms. The maximum Gasteiger partial charge on any atom is 0.113 e. The lowest BCUT2D eigenvalue weighted by atomic mass is 10.2. The lowest BCUT2D eigenvalue weighted by Crippen LogP contribution is -1.89. The topological polar surface area (TPSA) is 9.23 Å². The average Bonchev–Trinajstić information content (AvgIpc) is 2.17. The predicted molar refractivity (Wildman–Crippen MR) is 55.2 cm³/mol. The molecule has 1 aromatic rings. The van der Waals surface area contributed by atoms with Crippen molar-refractivity contribution in [2.75, 3.05) is 0 Å². The molecule has 0 aromatic heterocycles. The third kappa shape index (κ3) is 3.61. The SMILES string of the molecule is C=C/C=C(\C)OCc1ccccc1. The van der Waals surface area contributed by atoms with Crippen LogP contribution in [0.3, 0.4) is 0 Å². The first-order chi connectivity index (χ1) is 6.33. The summed E-state index contributed by atoms with van der Waals surface area (Å²) in [5.74, 6) is 0.888. The van der Waals surface area contributed by atoms with Crippen molar-refractivity contribution in [3.63, 3.8) is 0 Å². The maximum atomic E-state index is 5.46. The predicted octanol–water partition coefficient (Wildman–Crippen LogP) is 3.29. The molecule has 0 atom stereocenters.